The van der Waals surface area contributed by atoms with Crippen LogP contribution in [0.4, 0.5) is 0 Å². The van der Waals surface area contributed by atoms with E-state index < -0.39 is 0 Å². The minimum atomic E-state index is 0.0208. The largest absolute Gasteiger partial charge is 0.320 e. The SMILES string of the molecule is N[C@@H](c1ccccc1)c1ccsc1. The number of hydrogen-bond acceptors (Lipinski definition) is 2. The first-order valence-electron chi connectivity index (χ1n) is 4.20. The molecule has 2 aromatic rings. The predicted molar refractivity (Wildman–Crippen MR) is 56.8 cm³/mol. The van der Waals surface area contributed by atoms with Gasteiger partial charge in [0.05, 0.1) is 6.04 Å². The molecule has 0 spiro atoms. The van der Waals surface area contributed by atoms with E-state index >= 15 is 0 Å². The van der Waals surface area contributed by atoms with Crippen molar-refractivity contribution in [1.82, 2.24) is 0 Å². The maximum atomic E-state index is 6.07. The van der Waals surface area contributed by atoms with E-state index in [0.29, 0.717) is 0 Å². The highest BCUT2D eigenvalue weighted by molar-refractivity contribution is 7.07. The standard InChI is InChI=1S/C11H11NS/c12-11(10-6-7-13-8-10)9-4-2-1-3-5-9/h1-8,11H,12H2/t11-/m0/s1. The van der Waals surface area contributed by atoms with Crippen LogP contribution in [0.2, 0.25) is 0 Å². The van der Waals surface area contributed by atoms with E-state index in [4.69, 9.17) is 5.73 Å². The Bertz CT molecular complexity index is 353. The third-order valence-corrected chi connectivity index (χ3v) is 2.76. The van der Waals surface area contributed by atoms with E-state index in [1.807, 2.05) is 18.2 Å². The van der Waals surface area contributed by atoms with Crippen LogP contribution in [-0.4, -0.2) is 0 Å². The maximum absolute atomic E-state index is 6.07. The van der Waals surface area contributed by atoms with Crippen molar-refractivity contribution in [1.29, 1.82) is 0 Å². The summed E-state index contributed by atoms with van der Waals surface area (Å²) in [6.07, 6.45) is 0. The Balaban J connectivity index is 2.29. The number of nitrogens with two attached hydrogens (primary N) is 1. The topological polar surface area (TPSA) is 26.0 Å². The molecule has 0 amide bonds. The van der Waals surface area contributed by atoms with Crippen LogP contribution in [0, 0.1) is 0 Å². The first-order chi connectivity index (χ1) is 6.38. The lowest BCUT2D eigenvalue weighted by Crippen LogP contribution is -2.10. The molecule has 2 rings (SSSR count). The molecular weight excluding hydrogens is 178 g/mol. The van der Waals surface area contributed by atoms with Crippen molar-refractivity contribution < 1.29 is 0 Å². The minimum Gasteiger partial charge on any atom is -0.320 e. The fourth-order valence-electron chi connectivity index (χ4n) is 1.30. The monoisotopic (exact) mass is 189 g/mol. The van der Waals surface area contributed by atoms with Crippen molar-refractivity contribution in [2.24, 2.45) is 5.73 Å². The third kappa shape index (κ3) is 1.79. The van der Waals surface area contributed by atoms with Gasteiger partial charge in [-0.3, -0.25) is 0 Å². The number of hydrogen-bond donors (Lipinski definition) is 1. The van der Waals surface area contributed by atoms with Gasteiger partial charge in [-0.15, -0.1) is 0 Å². The first-order valence-corrected chi connectivity index (χ1v) is 5.15. The average molecular weight is 189 g/mol. The number of rotatable bonds is 2. The van der Waals surface area contributed by atoms with E-state index in [1.165, 1.54) is 11.1 Å². The normalized spacial score (nSPS) is 12.7. The molecule has 2 N–H and O–H groups in total. The second-order valence-electron chi connectivity index (χ2n) is 2.95. The summed E-state index contributed by atoms with van der Waals surface area (Å²) >= 11 is 1.68. The molecule has 13 heavy (non-hydrogen) atoms. The Hall–Kier alpha value is -1.12. The molecule has 2 heteroatoms. The lowest BCUT2D eigenvalue weighted by atomic mass is 10.0. The Morgan fingerprint density at radius 1 is 1.00 bits per heavy atom. The van der Waals surface area contributed by atoms with E-state index in [2.05, 4.69) is 29.0 Å². The van der Waals surface area contributed by atoms with Crippen LogP contribution in [0.5, 0.6) is 0 Å². The van der Waals surface area contributed by atoms with E-state index in [1.54, 1.807) is 11.3 Å². The Kier molecular flexibility index (Phi) is 2.43. The molecule has 0 saturated heterocycles. The molecule has 0 fully saturated rings. The fraction of sp³-hybridized carbons (Fsp3) is 0.0909. The second kappa shape index (κ2) is 3.73. The molecule has 0 aliphatic carbocycles. The molecular formula is C11H11NS. The van der Waals surface area contributed by atoms with Crippen LogP contribution >= 0.6 is 11.3 Å². The van der Waals surface area contributed by atoms with Gasteiger partial charge in [-0.2, -0.15) is 11.3 Å². The van der Waals surface area contributed by atoms with Crippen LogP contribution in [0.3, 0.4) is 0 Å². The third-order valence-electron chi connectivity index (χ3n) is 2.06. The van der Waals surface area contributed by atoms with Gasteiger partial charge in [-0.05, 0) is 28.0 Å². The summed E-state index contributed by atoms with van der Waals surface area (Å²) in [5.41, 5.74) is 8.43. The summed E-state index contributed by atoms with van der Waals surface area (Å²) in [5.74, 6) is 0. The molecule has 66 valence electrons. The van der Waals surface area contributed by atoms with Gasteiger partial charge < -0.3 is 5.73 Å². The van der Waals surface area contributed by atoms with Crippen molar-refractivity contribution in [2.75, 3.05) is 0 Å². The minimum absolute atomic E-state index is 0.0208. The van der Waals surface area contributed by atoms with Crippen LogP contribution < -0.4 is 5.73 Å². The van der Waals surface area contributed by atoms with Crippen LogP contribution in [0.1, 0.15) is 17.2 Å². The van der Waals surface area contributed by atoms with E-state index in [0.717, 1.165) is 0 Å². The van der Waals surface area contributed by atoms with Gasteiger partial charge in [-0.1, -0.05) is 30.3 Å². The van der Waals surface area contributed by atoms with Gasteiger partial charge in [0.1, 0.15) is 0 Å². The average Bonchev–Trinajstić information content (AvgIpc) is 2.71. The Labute approximate surface area is 81.8 Å². The summed E-state index contributed by atoms with van der Waals surface area (Å²) in [4.78, 5) is 0. The quantitative estimate of drug-likeness (QED) is 0.772. The highest BCUT2D eigenvalue weighted by atomic mass is 32.1. The Morgan fingerprint density at radius 3 is 2.38 bits per heavy atom. The van der Waals surface area contributed by atoms with Crippen molar-refractivity contribution in [2.45, 2.75) is 6.04 Å². The fourth-order valence-corrected chi connectivity index (χ4v) is 2.00. The van der Waals surface area contributed by atoms with Crippen molar-refractivity contribution in [3.8, 4) is 0 Å². The summed E-state index contributed by atoms with van der Waals surface area (Å²) in [6, 6.07) is 12.2. The zero-order chi connectivity index (χ0) is 9.10. The number of thiophene rings is 1. The lowest BCUT2D eigenvalue weighted by Gasteiger charge is -2.09. The molecule has 1 atom stereocenters. The molecule has 1 aromatic carbocycles. The summed E-state index contributed by atoms with van der Waals surface area (Å²) in [6.45, 7) is 0. The van der Waals surface area contributed by atoms with Crippen molar-refractivity contribution in [3.05, 3.63) is 58.3 Å². The van der Waals surface area contributed by atoms with Gasteiger partial charge >= 0.3 is 0 Å². The lowest BCUT2D eigenvalue weighted by molar-refractivity contribution is 0.877. The summed E-state index contributed by atoms with van der Waals surface area (Å²) in [7, 11) is 0. The summed E-state index contributed by atoms with van der Waals surface area (Å²) < 4.78 is 0. The van der Waals surface area contributed by atoms with Gasteiger partial charge in [0.15, 0.2) is 0 Å². The molecule has 0 bridgehead atoms. The van der Waals surface area contributed by atoms with Gasteiger partial charge in [0.25, 0.3) is 0 Å². The Morgan fingerprint density at radius 2 is 1.77 bits per heavy atom. The number of benzene rings is 1. The zero-order valence-electron chi connectivity index (χ0n) is 7.18. The molecule has 1 aromatic heterocycles. The molecule has 1 nitrogen and oxygen atoms in total. The molecule has 0 unspecified atom stereocenters. The smallest absolute Gasteiger partial charge is 0.0559 e. The first kappa shape index (κ1) is 8.48. The highest BCUT2D eigenvalue weighted by Crippen LogP contribution is 2.20. The summed E-state index contributed by atoms with van der Waals surface area (Å²) in [5, 5.41) is 4.15. The van der Waals surface area contributed by atoms with Crippen LogP contribution in [0.25, 0.3) is 0 Å². The van der Waals surface area contributed by atoms with E-state index in [-0.39, 0.29) is 6.04 Å². The predicted octanol–water partition coefficient (Wildman–Crippen LogP) is 2.80. The van der Waals surface area contributed by atoms with Gasteiger partial charge in [-0.25, -0.2) is 0 Å². The highest BCUT2D eigenvalue weighted by Gasteiger charge is 2.07. The zero-order valence-corrected chi connectivity index (χ0v) is 8.00. The van der Waals surface area contributed by atoms with Crippen molar-refractivity contribution in [3.63, 3.8) is 0 Å². The van der Waals surface area contributed by atoms with Crippen molar-refractivity contribution >= 4 is 11.3 Å². The van der Waals surface area contributed by atoms with Gasteiger partial charge in [0, 0.05) is 0 Å². The van der Waals surface area contributed by atoms with Gasteiger partial charge in [0.2, 0.25) is 0 Å². The van der Waals surface area contributed by atoms with E-state index in [9.17, 15) is 0 Å². The molecule has 0 radical (unpaired) electrons. The van der Waals surface area contributed by atoms with Crippen LogP contribution in [-0.2, 0) is 0 Å². The molecule has 0 aliphatic heterocycles. The molecule has 0 aliphatic rings. The molecule has 1 heterocycles. The molecule has 0 saturated carbocycles. The maximum Gasteiger partial charge on any atom is 0.0559 e. The van der Waals surface area contributed by atoms with Crippen LogP contribution in [0.15, 0.2) is 47.2 Å². The second-order valence-corrected chi connectivity index (χ2v) is 3.73.